The zero-order chi connectivity index (χ0) is 30.6. The molecule has 9 nitrogen and oxygen atoms in total. The Morgan fingerprint density at radius 1 is 0.927 bits per heavy atom. The van der Waals surface area contributed by atoms with E-state index in [-0.39, 0.29) is 13.0 Å². The third-order valence-electron chi connectivity index (χ3n) is 8.88. The van der Waals surface area contributed by atoms with Gasteiger partial charge >= 0.3 is 18.4 Å². The van der Waals surface area contributed by atoms with E-state index in [0.29, 0.717) is 17.7 Å². The number of rotatable bonds is 2. The van der Waals surface area contributed by atoms with Crippen molar-refractivity contribution in [3.05, 3.63) is 0 Å². The molecule has 0 aromatic heterocycles. The van der Waals surface area contributed by atoms with E-state index in [9.17, 15) is 45.8 Å². The number of hydrogen-bond donors (Lipinski definition) is 1. The highest BCUT2D eigenvalue weighted by molar-refractivity contribution is 5.87. The van der Waals surface area contributed by atoms with Crippen molar-refractivity contribution in [2.75, 3.05) is 39.3 Å². The largest absolute Gasteiger partial charge is 0.444 e. The summed E-state index contributed by atoms with van der Waals surface area (Å²) in [5, 5.41) is 10.9. The number of alkyl halides is 6. The molecule has 4 aliphatic rings. The molecule has 1 aliphatic carbocycles. The first kappa shape index (κ1) is 31.6. The lowest BCUT2D eigenvalue weighted by Crippen LogP contribution is -2.66. The van der Waals surface area contributed by atoms with E-state index in [2.05, 4.69) is 4.74 Å². The van der Waals surface area contributed by atoms with E-state index >= 15 is 0 Å². The van der Waals surface area contributed by atoms with Crippen LogP contribution in [0.3, 0.4) is 0 Å². The molecule has 4 rings (SSSR count). The Morgan fingerprint density at radius 3 is 2.02 bits per heavy atom. The average molecular weight is 602 g/mol. The molecule has 41 heavy (non-hydrogen) atoms. The van der Waals surface area contributed by atoms with Crippen LogP contribution < -0.4 is 0 Å². The van der Waals surface area contributed by atoms with E-state index in [4.69, 9.17) is 4.74 Å². The minimum atomic E-state index is -5.08. The van der Waals surface area contributed by atoms with Gasteiger partial charge < -0.3 is 24.4 Å². The highest BCUT2D eigenvalue weighted by atomic mass is 19.4. The highest BCUT2D eigenvalue weighted by Crippen LogP contribution is 2.51. The van der Waals surface area contributed by atoms with Gasteiger partial charge in [0.25, 0.3) is 0 Å². The molecule has 3 saturated heterocycles. The Morgan fingerprint density at radius 2 is 1.54 bits per heavy atom. The number of amides is 3. The van der Waals surface area contributed by atoms with Gasteiger partial charge in [-0.05, 0) is 46.5 Å². The Kier molecular flexibility index (Phi) is 8.31. The second-order valence-electron chi connectivity index (χ2n) is 12.6. The zero-order valence-electron chi connectivity index (χ0n) is 23.3. The van der Waals surface area contributed by atoms with Crippen LogP contribution in [0.2, 0.25) is 0 Å². The van der Waals surface area contributed by atoms with Gasteiger partial charge in [0.05, 0.1) is 19.3 Å². The lowest BCUT2D eigenvalue weighted by Gasteiger charge is -2.54. The number of carbonyl (C=O) groups is 3. The standard InChI is InChI=1S/C26H37F6N3O6/c1-22(2,3)41-21(39)35-15-23(5-4-6-23)17(36)13-16(35)19(37)33-9-7-24(8-10-33,26(30,31)32)20(38)34-11-12-40-18(14-34)25(27,28)29/h16-18,36H,4-15H2,1-3H3/t16-,17+,18+/m0/s1. The van der Waals surface area contributed by atoms with Gasteiger partial charge in [0, 0.05) is 38.0 Å². The van der Waals surface area contributed by atoms with Gasteiger partial charge in [0.2, 0.25) is 11.8 Å². The smallest absolute Gasteiger partial charge is 0.416 e. The van der Waals surface area contributed by atoms with Crippen LogP contribution in [0.4, 0.5) is 31.1 Å². The van der Waals surface area contributed by atoms with E-state index in [1.165, 1.54) is 4.90 Å². The summed E-state index contributed by atoms with van der Waals surface area (Å²) < 4.78 is 92.9. The lowest BCUT2D eigenvalue weighted by atomic mass is 9.61. The lowest BCUT2D eigenvalue weighted by molar-refractivity contribution is -0.253. The zero-order valence-corrected chi connectivity index (χ0v) is 23.3. The monoisotopic (exact) mass is 601 g/mol. The molecule has 3 aliphatic heterocycles. The van der Waals surface area contributed by atoms with Crippen molar-refractivity contribution < 1.29 is 55.3 Å². The van der Waals surface area contributed by atoms with E-state index in [1.54, 1.807) is 20.8 Å². The number of aliphatic hydroxyl groups is 1. The summed E-state index contributed by atoms with van der Waals surface area (Å²) in [6.45, 7) is 2.01. The van der Waals surface area contributed by atoms with Crippen LogP contribution in [0.1, 0.15) is 59.3 Å². The van der Waals surface area contributed by atoms with Crippen molar-refractivity contribution in [3.8, 4) is 0 Å². The van der Waals surface area contributed by atoms with Crippen LogP contribution in [-0.2, 0) is 19.1 Å². The summed E-state index contributed by atoms with van der Waals surface area (Å²) in [6, 6.07) is -1.17. The molecule has 1 spiro atoms. The number of morpholine rings is 1. The van der Waals surface area contributed by atoms with Gasteiger partial charge in [-0.25, -0.2) is 4.79 Å². The fourth-order valence-corrected chi connectivity index (χ4v) is 6.28. The molecule has 3 amide bonds. The molecule has 234 valence electrons. The predicted molar refractivity (Wildman–Crippen MR) is 130 cm³/mol. The number of piperidine rings is 2. The Labute approximate surface area is 234 Å². The molecule has 4 fully saturated rings. The first-order valence-corrected chi connectivity index (χ1v) is 13.8. The van der Waals surface area contributed by atoms with Crippen LogP contribution in [0.15, 0.2) is 0 Å². The van der Waals surface area contributed by atoms with Gasteiger partial charge in [-0.2, -0.15) is 26.3 Å². The SMILES string of the molecule is CC(C)(C)OC(=O)N1CC2(CCC2)[C@H](O)C[C@H]1C(=O)N1CCC(C(=O)N2CCO[C@@H](C(F)(F)F)C2)(C(F)(F)F)CC1. The van der Waals surface area contributed by atoms with E-state index in [0.717, 1.165) is 11.3 Å². The van der Waals surface area contributed by atoms with Gasteiger partial charge in [-0.1, -0.05) is 6.42 Å². The molecular weight excluding hydrogens is 564 g/mol. The van der Waals surface area contributed by atoms with Crippen molar-refractivity contribution in [1.82, 2.24) is 14.7 Å². The number of halogens is 6. The minimum Gasteiger partial charge on any atom is -0.444 e. The molecule has 0 aromatic rings. The molecule has 0 aromatic carbocycles. The molecule has 3 heterocycles. The number of likely N-dealkylation sites (tertiary alicyclic amines) is 2. The third kappa shape index (κ3) is 6.11. The second-order valence-corrected chi connectivity index (χ2v) is 12.6. The summed E-state index contributed by atoms with van der Waals surface area (Å²) in [7, 11) is 0. The minimum absolute atomic E-state index is 0.0652. The Bertz CT molecular complexity index is 1020. The van der Waals surface area contributed by atoms with Gasteiger partial charge in [0.1, 0.15) is 17.1 Å². The maximum Gasteiger partial charge on any atom is 0.416 e. The first-order chi connectivity index (χ1) is 18.8. The average Bonchev–Trinajstić information content (AvgIpc) is 2.84. The Hall–Kier alpha value is -2.29. The molecule has 3 atom stereocenters. The van der Waals surface area contributed by atoms with E-state index < -0.39 is 111 Å². The van der Waals surface area contributed by atoms with Gasteiger partial charge in [0.15, 0.2) is 6.10 Å². The molecule has 0 bridgehead atoms. The summed E-state index contributed by atoms with van der Waals surface area (Å²) in [4.78, 5) is 42.8. The maximum atomic E-state index is 14.4. The second kappa shape index (κ2) is 10.8. The predicted octanol–water partition coefficient (Wildman–Crippen LogP) is 3.49. The highest BCUT2D eigenvalue weighted by Gasteiger charge is 2.63. The fraction of sp³-hybridized carbons (Fsp3) is 0.885. The van der Waals surface area contributed by atoms with Crippen molar-refractivity contribution >= 4 is 17.9 Å². The number of hydrogen-bond acceptors (Lipinski definition) is 6. The number of nitrogens with zero attached hydrogens (tertiary/aromatic N) is 3. The van der Waals surface area contributed by atoms with Gasteiger partial charge in [-0.15, -0.1) is 0 Å². The van der Waals surface area contributed by atoms with Crippen molar-refractivity contribution in [1.29, 1.82) is 0 Å². The summed E-state index contributed by atoms with van der Waals surface area (Å²) in [5.74, 6) is -2.14. The van der Waals surface area contributed by atoms with E-state index in [1.807, 2.05) is 0 Å². The van der Waals surface area contributed by atoms with Crippen LogP contribution >= 0.6 is 0 Å². The van der Waals surface area contributed by atoms with Gasteiger partial charge in [-0.3, -0.25) is 14.5 Å². The van der Waals surface area contributed by atoms with Crippen LogP contribution in [0, 0.1) is 10.8 Å². The normalized spacial score (nSPS) is 28.7. The number of aliphatic hydroxyl groups excluding tert-OH is 1. The summed E-state index contributed by atoms with van der Waals surface area (Å²) >= 11 is 0. The Balaban J connectivity index is 1.51. The summed E-state index contributed by atoms with van der Waals surface area (Å²) in [6.07, 6.45) is -13.6. The molecule has 1 saturated carbocycles. The summed E-state index contributed by atoms with van der Waals surface area (Å²) in [5.41, 5.74) is -4.42. The van der Waals surface area contributed by atoms with Crippen LogP contribution in [-0.4, -0.2) is 113 Å². The van der Waals surface area contributed by atoms with Crippen LogP contribution in [0.25, 0.3) is 0 Å². The number of carbonyl (C=O) groups excluding carboxylic acids is 3. The maximum absolute atomic E-state index is 14.4. The molecule has 1 N–H and O–H groups in total. The molecular formula is C26H37F6N3O6. The number of ether oxygens (including phenoxy) is 2. The topological polar surface area (TPSA) is 99.6 Å². The quantitative estimate of drug-likeness (QED) is 0.487. The first-order valence-electron chi connectivity index (χ1n) is 13.8. The van der Waals surface area contributed by atoms with Crippen LogP contribution in [0.5, 0.6) is 0 Å². The molecule has 15 heteroatoms. The molecule has 0 unspecified atom stereocenters. The van der Waals surface area contributed by atoms with Crippen molar-refractivity contribution in [2.45, 2.75) is 95.5 Å². The molecule has 0 radical (unpaired) electrons. The third-order valence-corrected chi connectivity index (χ3v) is 8.88. The fourth-order valence-electron chi connectivity index (χ4n) is 6.28. The van der Waals surface area contributed by atoms with Crippen molar-refractivity contribution in [3.63, 3.8) is 0 Å². The van der Waals surface area contributed by atoms with Crippen molar-refractivity contribution in [2.24, 2.45) is 10.8 Å².